The normalized spacial score (nSPS) is 14.9. The average molecular weight is 422 g/mol. The van der Waals surface area contributed by atoms with Crippen LogP contribution in [0.2, 0.25) is 0 Å². The second-order valence-corrected chi connectivity index (χ2v) is 8.17. The predicted molar refractivity (Wildman–Crippen MR) is 123 cm³/mol. The van der Waals surface area contributed by atoms with Gasteiger partial charge in [0.15, 0.2) is 5.58 Å². The van der Waals surface area contributed by atoms with Gasteiger partial charge < -0.3 is 14.8 Å². The van der Waals surface area contributed by atoms with Crippen molar-refractivity contribution in [2.75, 3.05) is 6.54 Å². The van der Waals surface area contributed by atoms with E-state index < -0.39 is 5.97 Å². The van der Waals surface area contributed by atoms with Crippen molar-refractivity contribution >= 4 is 16.9 Å². The van der Waals surface area contributed by atoms with Crippen LogP contribution < -0.4 is 5.32 Å². The first kappa shape index (κ1) is 20.0. The molecule has 0 radical (unpaired) electrons. The quantitative estimate of drug-likeness (QED) is 0.437. The largest absolute Gasteiger partial charge is 0.480 e. The standard InChI is InChI=1S/C27H22N2O3/c1-16-19(17-6-3-2-4-7-17)8-5-9-20(16)25-13-18-12-22-21(23(14-28)27(18)32-25)10-11-24(22)29-15-26(30)31/h2-9,12-13,24,29H,10-11,15H2,1H3,(H,30,31). The number of benzene rings is 3. The molecule has 0 fully saturated rings. The average Bonchev–Trinajstić information content (AvgIpc) is 3.40. The number of carboxylic acids is 1. The van der Waals surface area contributed by atoms with E-state index in [2.05, 4.69) is 36.5 Å². The molecule has 0 amide bonds. The number of carbonyl (C=O) groups is 1. The Bertz CT molecular complexity index is 1380. The number of hydrogen-bond acceptors (Lipinski definition) is 4. The number of rotatable bonds is 5. The molecule has 5 rings (SSSR count). The summed E-state index contributed by atoms with van der Waals surface area (Å²) in [5, 5.41) is 22.9. The van der Waals surface area contributed by atoms with Gasteiger partial charge in [-0.3, -0.25) is 4.79 Å². The molecule has 5 nitrogen and oxygen atoms in total. The van der Waals surface area contributed by atoms with Gasteiger partial charge in [-0.15, -0.1) is 0 Å². The highest BCUT2D eigenvalue weighted by atomic mass is 16.4. The SMILES string of the molecule is Cc1c(-c2ccccc2)cccc1-c1cc2cc3c(c(C#N)c2o1)CCC3NCC(=O)O. The molecule has 1 atom stereocenters. The molecule has 158 valence electrons. The van der Waals surface area contributed by atoms with E-state index in [0.29, 0.717) is 11.1 Å². The zero-order valence-electron chi connectivity index (χ0n) is 17.7. The summed E-state index contributed by atoms with van der Waals surface area (Å²) in [7, 11) is 0. The van der Waals surface area contributed by atoms with Gasteiger partial charge in [0.2, 0.25) is 0 Å². The maximum Gasteiger partial charge on any atom is 0.317 e. The van der Waals surface area contributed by atoms with E-state index in [9.17, 15) is 10.1 Å². The van der Waals surface area contributed by atoms with E-state index in [4.69, 9.17) is 9.52 Å². The van der Waals surface area contributed by atoms with Crippen LogP contribution in [0.15, 0.2) is 65.1 Å². The molecule has 1 aliphatic rings. The van der Waals surface area contributed by atoms with Gasteiger partial charge in [-0.25, -0.2) is 0 Å². The number of hydrogen-bond donors (Lipinski definition) is 2. The van der Waals surface area contributed by atoms with Crippen LogP contribution >= 0.6 is 0 Å². The van der Waals surface area contributed by atoms with Gasteiger partial charge in [-0.05, 0) is 59.7 Å². The summed E-state index contributed by atoms with van der Waals surface area (Å²) in [4.78, 5) is 11.0. The van der Waals surface area contributed by atoms with E-state index in [-0.39, 0.29) is 12.6 Å². The first-order valence-electron chi connectivity index (χ1n) is 10.7. The van der Waals surface area contributed by atoms with Crippen LogP contribution in [-0.2, 0) is 11.2 Å². The lowest BCUT2D eigenvalue weighted by Crippen LogP contribution is -2.26. The van der Waals surface area contributed by atoms with Gasteiger partial charge in [0.05, 0.1) is 12.1 Å². The monoisotopic (exact) mass is 422 g/mol. The molecule has 0 aliphatic heterocycles. The zero-order chi connectivity index (χ0) is 22.2. The van der Waals surface area contributed by atoms with Gasteiger partial charge in [-0.1, -0.05) is 48.5 Å². The van der Waals surface area contributed by atoms with E-state index in [1.165, 1.54) is 0 Å². The van der Waals surface area contributed by atoms with Crippen LogP contribution in [-0.4, -0.2) is 17.6 Å². The number of furan rings is 1. The Labute approximate surface area is 185 Å². The van der Waals surface area contributed by atoms with Gasteiger partial charge in [0.25, 0.3) is 0 Å². The molecule has 3 aromatic carbocycles. The maximum absolute atomic E-state index is 11.0. The minimum Gasteiger partial charge on any atom is -0.480 e. The molecule has 0 bridgehead atoms. The summed E-state index contributed by atoms with van der Waals surface area (Å²) in [5.74, 6) is -0.162. The van der Waals surface area contributed by atoms with Crippen LogP contribution in [0.25, 0.3) is 33.4 Å². The van der Waals surface area contributed by atoms with Crippen molar-refractivity contribution in [3.63, 3.8) is 0 Å². The van der Waals surface area contributed by atoms with Crippen LogP contribution in [0.5, 0.6) is 0 Å². The summed E-state index contributed by atoms with van der Waals surface area (Å²) >= 11 is 0. The van der Waals surface area contributed by atoms with Crippen LogP contribution in [0.1, 0.15) is 34.7 Å². The highest BCUT2D eigenvalue weighted by Crippen LogP contribution is 2.41. The molecule has 2 N–H and O–H groups in total. The lowest BCUT2D eigenvalue weighted by molar-refractivity contribution is -0.136. The van der Waals surface area contributed by atoms with Crippen molar-refractivity contribution in [3.8, 4) is 28.5 Å². The minimum absolute atomic E-state index is 0.0703. The second kappa shape index (κ2) is 7.99. The summed E-state index contributed by atoms with van der Waals surface area (Å²) in [6, 6.07) is 22.7. The molecular formula is C27H22N2O3. The molecule has 0 spiro atoms. The zero-order valence-corrected chi connectivity index (χ0v) is 17.7. The van der Waals surface area contributed by atoms with Gasteiger partial charge in [0.1, 0.15) is 11.8 Å². The fourth-order valence-electron chi connectivity index (χ4n) is 4.77. The van der Waals surface area contributed by atoms with Crippen molar-refractivity contribution < 1.29 is 14.3 Å². The highest BCUT2D eigenvalue weighted by Gasteiger charge is 2.28. The van der Waals surface area contributed by atoms with Crippen LogP contribution in [0.3, 0.4) is 0 Å². The Morgan fingerprint density at radius 3 is 2.69 bits per heavy atom. The molecule has 1 aromatic heterocycles. The molecule has 0 saturated heterocycles. The van der Waals surface area contributed by atoms with E-state index in [1.54, 1.807) is 0 Å². The first-order chi connectivity index (χ1) is 15.6. The smallest absolute Gasteiger partial charge is 0.317 e. The van der Waals surface area contributed by atoms with Gasteiger partial charge in [0, 0.05) is 17.0 Å². The number of fused-ring (bicyclic) bond motifs is 2. The number of nitrogens with zero attached hydrogens (tertiary/aromatic N) is 1. The van der Waals surface area contributed by atoms with E-state index in [1.807, 2.05) is 42.5 Å². The van der Waals surface area contributed by atoms with Crippen molar-refractivity contribution in [1.82, 2.24) is 5.32 Å². The summed E-state index contributed by atoms with van der Waals surface area (Å²) in [6.07, 6.45) is 1.50. The lowest BCUT2D eigenvalue weighted by Gasteiger charge is -2.12. The summed E-state index contributed by atoms with van der Waals surface area (Å²) < 4.78 is 6.27. The Morgan fingerprint density at radius 2 is 1.94 bits per heavy atom. The van der Waals surface area contributed by atoms with Crippen molar-refractivity contribution in [3.05, 3.63) is 82.9 Å². The third-order valence-electron chi connectivity index (χ3n) is 6.30. The molecule has 1 heterocycles. The molecule has 1 unspecified atom stereocenters. The molecular weight excluding hydrogens is 400 g/mol. The summed E-state index contributed by atoms with van der Waals surface area (Å²) in [5.41, 5.74) is 7.51. The maximum atomic E-state index is 11.0. The van der Waals surface area contributed by atoms with Crippen molar-refractivity contribution in [1.29, 1.82) is 5.26 Å². The third kappa shape index (κ3) is 3.35. The van der Waals surface area contributed by atoms with Crippen molar-refractivity contribution in [2.24, 2.45) is 0 Å². The lowest BCUT2D eigenvalue weighted by atomic mass is 9.95. The highest BCUT2D eigenvalue weighted by molar-refractivity contribution is 5.90. The fourth-order valence-corrected chi connectivity index (χ4v) is 4.77. The molecule has 32 heavy (non-hydrogen) atoms. The van der Waals surface area contributed by atoms with E-state index in [0.717, 1.165) is 57.4 Å². The Kier molecular flexibility index (Phi) is 5.01. The van der Waals surface area contributed by atoms with Gasteiger partial charge >= 0.3 is 5.97 Å². The number of nitriles is 1. The Hall–Kier alpha value is -3.88. The Morgan fingerprint density at radius 1 is 1.16 bits per heavy atom. The Balaban J connectivity index is 1.61. The molecule has 4 aromatic rings. The number of carboxylic acid groups (broad SMARTS) is 1. The minimum atomic E-state index is -0.889. The van der Waals surface area contributed by atoms with Gasteiger partial charge in [-0.2, -0.15) is 5.26 Å². The predicted octanol–water partition coefficient (Wildman–Crippen LogP) is 5.61. The van der Waals surface area contributed by atoms with Crippen LogP contribution in [0, 0.1) is 18.3 Å². The molecule has 0 saturated carbocycles. The molecule has 5 heteroatoms. The first-order valence-corrected chi connectivity index (χ1v) is 10.7. The molecule has 1 aliphatic carbocycles. The second-order valence-electron chi connectivity index (χ2n) is 8.17. The van der Waals surface area contributed by atoms with Crippen LogP contribution in [0.4, 0.5) is 0 Å². The number of nitrogens with one attached hydrogen (secondary N) is 1. The summed E-state index contributed by atoms with van der Waals surface area (Å²) in [6.45, 7) is 1.98. The third-order valence-corrected chi connectivity index (χ3v) is 6.30. The number of aliphatic carboxylic acids is 1. The van der Waals surface area contributed by atoms with E-state index >= 15 is 0 Å². The van der Waals surface area contributed by atoms with Crippen molar-refractivity contribution in [2.45, 2.75) is 25.8 Å². The fraction of sp³-hybridized carbons (Fsp3) is 0.185. The topological polar surface area (TPSA) is 86.3 Å².